The SMILES string of the molecule is Cc1c(C(=O)OC2CCCCC2)sc2nc(-c3ccc(Cl)cc3)[nH]c(=O)c12. The van der Waals surface area contributed by atoms with Crippen LogP contribution >= 0.6 is 22.9 Å². The number of nitrogens with zero attached hydrogens (tertiary/aromatic N) is 1. The lowest BCUT2D eigenvalue weighted by Crippen LogP contribution is -2.20. The first-order chi connectivity index (χ1) is 13.0. The molecule has 0 radical (unpaired) electrons. The second-order valence-corrected chi connectivity index (χ2v) is 8.26. The van der Waals surface area contributed by atoms with E-state index in [1.165, 1.54) is 17.8 Å². The van der Waals surface area contributed by atoms with Gasteiger partial charge in [0.2, 0.25) is 0 Å². The fourth-order valence-corrected chi connectivity index (χ4v) is 4.66. The van der Waals surface area contributed by atoms with Gasteiger partial charge in [0, 0.05) is 10.6 Å². The quantitative estimate of drug-likeness (QED) is 0.618. The van der Waals surface area contributed by atoms with E-state index in [1.807, 2.05) is 0 Å². The van der Waals surface area contributed by atoms with Crippen LogP contribution in [-0.4, -0.2) is 22.0 Å². The Morgan fingerprint density at radius 1 is 1.22 bits per heavy atom. The Morgan fingerprint density at radius 3 is 2.63 bits per heavy atom. The van der Waals surface area contributed by atoms with Crippen LogP contribution < -0.4 is 5.56 Å². The fraction of sp³-hybridized carbons (Fsp3) is 0.350. The van der Waals surface area contributed by atoms with Gasteiger partial charge in [-0.05, 0) is 62.4 Å². The van der Waals surface area contributed by atoms with E-state index in [9.17, 15) is 9.59 Å². The fourth-order valence-electron chi connectivity index (χ4n) is 3.47. The van der Waals surface area contributed by atoms with Gasteiger partial charge in [0.05, 0.1) is 5.39 Å². The number of rotatable bonds is 3. The zero-order valence-electron chi connectivity index (χ0n) is 14.9. The molecule has 5 nitrogen and oxygen atoms in total. The second kappa shape index (κ2) is 7.44. The molecule has 0 spiro atoms. The number of hydrogen-bond donors (Lipinski definition) is 1. The third-order valence-corrected chi connectivity index (χ3v) is 6.35. The summed E-state index contributed by atoms with van der Waals surface area (Å²) in [6.45, 7) is 1.77. The van der Waals surface area contributed by atoms with Crippen molar-refractivity contribution in [1.29, 1.82) is 0 Å². The molecule has 140 valence electrons. The molecule has 0 unspecified atom stereocenters. The van der Waals surface area contributed by atoms with E-state index in [1.54, 1.807) is 31.2 Å². The Kier molecular flexibility index (Phi) is 5.02. The summed E-state index contributed by atoms with van der Waals surface area (Å²) in [5.41, 5.74) is 1.14. The van der Waals surface area contributed by atoms with Crippen molar-refractivity contribution in [3.63, 3.8) is 0 Å². The standard InChI is InChI=1S/C20H19ClN2O3S/c1-11-15-18(24)22-17(12-7-9-13(21)10-8-12)23-19(15)27-16(11)20(25)26-14-5-3-2-4-6-14/h7-10,14H,2-6H2,1H3,(H,22,23,24). The Hall–Kier alpha value is -2.18. The molecule has 7 heteroatoms. The minimum Gasteiger partial charge on any atom is -0.458 e. The number of aryl methyl sites for hydroxylation is 1. The number of esters is 1. The van der Waals surface area contributed by atoms with Crippen molar-refractivity contribution < 1.29 is 9.53 Å². The van der Waals surface area contributed by atoms with Crippen LogP contribution in [0.25, 0.3) is 21.6 Å². The van der Waals surface area contributed by atoms with Gasteiger partial charge in [-0.3, -0.25) is 4.79 Å². The van der Waals surface area contributed by atoms with Gasteiger partial charge in [0.1, 0.15) is 21.6 Å². The highest BCUT2D eigenvalue weighted by Gasteiger charge is 2.24. The van der Waals surface area contributed by atoms with Crippen LogP contribution in [0.1, 0.15) is 47.3 Å². The molecule has 0 saturated heterocycles. The molecule has 1 aliphatic carbocycles. The molecule has 0 bridgehead atoms. The molecule has 1 saturated carbocycles. The average Bonchev–Trinajstić information content (AvgIpc) is 3.00. The molecule has 1 fully saturated rings. The van der Waals surface area contributed by atoms with Crippen molar-refractivity contribution in [3.05, 3.63) is 50.1 Å². The number of fused-ring (bicyclic) bond motifs is 1. The molecule has 27 heavy (non-hydrogen) atoms. The lowest BCUT2D eigenvalue weighted by Gasteiger charge is -2.21. The highest BCUT2D eigenvalue weighted by atomic mass is 35.5. The summed E-state index contributed by atoms with van der Waals surface area (Å²) in [7, 11) is 0. The molecular weight excluding hydrogens is 384 g/mol. The number of hydrogen-bond acceptors (Lipinski definition) is 5. The maximum atomic E-state index is 12.6. The minimum atomic E-state index is -0.352. The normalized spacial score (nSPS) is 15.2. The summed E-state index contributed by atoms with van der Waals surface area (Å²) in [5, 5.41) is 1.06. The Morgan fingerprint density at radius 2 is 1.93 bits per heavy atom. The van der Waals surface area contributed by atoms with Crippen LogP contribution in [0.3, 0.4) is 0 Å². The van der Waals surface area contributed by atoms with E-state index in [4.69, 9.17) is 16.3 Å². The molecule has 0 amide bonds. The first kappa shape index (κ1) is 18.2. The van der Waals surface area contributed by atoms with Gasteiger partial charge in [0.25, 0.3) is 5.56 Å². The van der Waals surface area contributed by atoms with Crippen LogP contribution in [0.2, 0.25) is 5.02 Å². The first-order valence-electron chi connectivity index (χ1n) is 9.03. The average molecular weight is 403 g/mol. The monoisotopic (exact) mass is 402 g/mol. The van der Waals surface area contributed by atoms with Crippen molar-refractivity contribution in [2.75, 3.05) is 0 Å². The zero-order valence-corrected chi connectivity index (χ0v) is 16.5. The van der Waals surface area contributed by atoms with Gasteiger partial charge in [-0.15, -0.1) is 11.3 Å². The number of benzene rings is 1. The summed E-state index contributed by atoms with van der Waals surface area (Å²) >= 11 is 7.14. The van der Waals surface area contributed by atoms with Crippen LogP contribution in [0, 0.1) is 6.92 Å². The molecule has 2 heterocycles. The number of carbonyl (C=O) groups excluding carboxylic acids is 1. The van der Waals surface area contributed by atoms with Gasteiger partial charge >= 0.3 is 5.97 Å². The van der Waals surface area contributed by atoms with Gasteiger partial charge in [-0.2, -0.15) is 0 Å². The van der Waals surface area contributed by atoms with Gasteiger partial charge in [-0.1, -0.05) is 18.0 Å². The number of nitrogens with one attached hydrogen (secondary N) is 1. The van der Waals surface area contributed by atoms with Crippen molar-refractivity contribution in [3.8, 4) is 11.4 Å². The molecule has 1 aliphatic rings. The molecule has 2 aromatic heterocycles. The van der Waals surface area contributed by atoms with Crippen molar-refractivity contribution in [1.82, 2.24) is 9.97 Å². The maximum Gasteiger partial charge on any atom is 0.348 e. The highest BCUT2D eigenvalue weighted by Crippen LogP contribution is 2.30. The first-order valence-corrected chi connectivity index (χ1v) is 10.2. The third-order valence-electron chi connectivity index (χ3n) is 4.93. The summed E-state index contributed by atoms with van der Waals surface area (Å²) < 4.78 is 5.67. The second-order valence-electron chi connectivity index (χ2n) is 6.82. The van der Waals surface area contributed by atoms with Gasteiger partial charge in [-0.25, -0.2) is 9.78 Å². The van der Waals surface area contributed by atoms with Gasteiger partial charge < -0.3 is 9.72 Å². The van der Waals surface area contributed by atoms with Crippen molar-refractivity contribution >= 4 is 39.1 Å². The van der Waals surface area contributed by atoms with E-state index in [-0.39, 0.29) is 17.6 Å². The third kappa shape index (κ3) is 3.64. The predicted molar refractivity (Wildman–Crippen MR) is 108 cm³/mol. The summed E-state index contributed by atoms with van der Waals surface area (Å²) in [6.07, 6.45) is 5.18. The topological polar surface area (TPSA) is 72.0 Å². The maximum absolute atomic E-state index is 12.6. The number of aromatic amines is 1. The molecule has 1 aromatic carbocycles. The molecule has 1 N–H and O–H groups in total. The lowest BCUT2D eigenvalue weighted by molar-refractivity contribution is 0.0216. The van der Waals surface area contributed by atoms with Crippen molar-refractivity contribution in [2.24, 2.45) is 0 Å². The summed E-state index contributed by atoms with van der Waals surface area (Å²) in [4.78, 5) is 33.6. The van der Waals surface area contributed by atoms with E-state index in [2.05, 4.69) is 9.97 Å². The number of ether oxygens (including phenoxy) is 1. The van der Waals surface area contributed by atoms with Crippen LogP contribution in [0.4, 0.5) is 0 Å². The molecule has 0 atom stereocenters. The number of thiophene rings is 1. The lowest BCUT2D eigenvalue weighted by atomic mass is 9.98. The number of halogens is 1. The molecular formula is C20H19ClN2O3S. The van der Waals surface area contributed by atoms with Crippen molar-refractivity contribution in [2.45, 2.75) is 45.1 Å². The van der Waals surface area contributed by atoms with E-state index in [0.717, 1.165) is 31.2 Å². The Bertz CT molecular complexity index is 1050. The van der Waals surface area contributed by atoms with E-state index < -0.39 is 0 Å². The van der Waals surface area contributed by atoms with Gasteiger partial charge in [0.15, 0.2) is 0 Å². The Labute approximate surface area is 165 Å². The highest BCUT2D eigenvalue weighted by molar-refractivity contribution is 7.20. The van der Waals surface area contributed by atoms with Crippen LogP contribution in [0.5, 0.6) is 0 Å². The molecule has 4 rings (SSSR count). The minimum absolute atomic E-state index is 0.0215. The summed E-state index contributed by atoms with van der Waals surface area (Å²) in [5.74, 6) is 0.104. The largest absolute Gasteiger partial charge is 0.458 e. The smallest absolute Gasteiger partial charge is 0.348 e. The summed E-state index contributed by atoms with van der Waals surface area (Å²) in [6, 6.07) is 7.08. The molecule has 0 aliphatic heterocycles. The molecule has 3 aromatic rings. The van der Waals surface area contributed by atoms with Crippen LogP contribution in [-0.2, 0) is 4.74 Å². The number of H-pyrrole nitrogens is 1. The number of carbonyl (C=O) groups is 1. The van der Waals surface area contributed by atoms with E-state index in [0.29, 0.717) is 31.5 Å². The number of aromatic nitrogens is 2. The Balaban J connectivity index is 1.70. The zero-order chi connectivity index (χ0) is 19.0. The van der Waals surface area contributed by atoms with Crippen LogP contribution in [0.15, 0.2) is 29.1 Å². The predicted octanol–water partition coefficient (Wildman–Crippen LogP) is 5.10. The van der Waals surface area contributed by atoms with E-state index >= 15 is 0 Å².